The third-order valence-corrected chi connectivity index (χ3v) is 4.30. The van der Waals surface area contributed by atoms with Gasteiger partial charge < -0.3 is 15.2 Å². The van der Waals surface area contributed by atoms with E-state index in [9.17, 15) is 0 Å². The maximum Gasteiger partial charge on any atom is 0.161 e. The van der Waals surface area contributed by atoms with Crippen LogP contribution in [0.2, 0.25) is 0 Å². The summed E-state index contributed by atoms with van der Waals surface area (Å²) < 4.78 is 11.0. The van der Waals surface area contributed by atoms with Crippen LogP contribution in [0.5, 0.6) is 11.5 Å². The Bertz CT molecular complexity index is 652. The maximum atomic E-state index is 6.03. The molecule has 124 valence electrons. The monoisotopic (exact) mass is 313 g/mol. The summed E-state index contributed by atoms with van der Waals surface area (Å²) in [6.45, 7) is 7.50. The minimum atomic E-state index is 0.303. The first-order valence-corrected chi connectivity index (χ1v) is 8.16. The molecule has 23 heavy (non-hydrogen) atoms. The average Bonchev–Trinajstić information content (AvgIpc) is 2.56. The molecule has 0 bridgehead atoms. The van der Waals surface area contributed by atoms with E-state index in [4.69, 9.17) is 15.2 Å². The summed E-state index contributed by atoms with van der Waals surface area (Å²) in [5.41, 5.74) is 11.2. The Morgan fingerprint density at radius 2 is 1.78 bits per heavy atom. The van der Waals surface area contributed by atoms with Crippen LogP contribution < -0.4 is 15.2 Å². The predicted octanol–water partition coefficient (Wildman–Crippen LogP) is 4.00. The largest absolute Gasteiger partial charge is 0.493 e. The first-order chi connectivity index (χ1) is 11.1. The third-order valence-electron chi connectivity index (χ3n) is 4.30. The molecule has 0 saturated heterocycles. The molecule has 3 heteroatoms. The van der Waals surface area contributed by atoms with Crippen molar-refractivity contribution >= 4 is 0 Å². The van der Waals surface area contributed by atoms with E-state index in [-0.39, 0.29) is 0 Å². The summed E-state index contributed by atoms with van der Waals surface area (Å²) in [7, 11) is 1.67. The van der Waals surface area contributed by atoms with E-state index in [1.54, 1.807) is 7.11 Å². The van der Waals surface area contributed by atoms with Crippen molar-refractivity contribution in [1.82, 2.24) is 0 Å². The van der Waals surface area contributed by atoms with Crippen molar-refractivity contribution in [3.63, 3.8) is 0 Å². The number of benzene rings is 2. The van der Waals surface area contributed by atoms with Crippen LogP contribution in [0.15, 0.2) is 36.4 Å². The molecule has 0 spiro atoms. The molecular formula is C20H27NO2. The number of hydrogen-bond donors (Lipinski definition) is 1. The lowest BCUT2D eigenvalue weighted by molar-refractivity contribution is 0.310. The molecule has 1 atom stereocenters. The molecular weight excluding hydrogens is 286 g/mol. The fourth-order valence-corrected chi connectivity index (χ4v) is 2.75. The lowest BCUT2D eigenvalue weighted by atomic mass is 9.90. The Labute approximate surface area is 139 Å². The Balaban J connectivity index is 2.22. The first kappa shape index (κ1) is 17.4. The molecule has 0 heterocycles. The Kier molecular flexibility index (Phi) is 6.05. The number of hydrogen-bond acceptors (Lipinski definition) is 3. The maximum absolute atomic E-state index is 6.03. The van der Waals surface area contributed by atoms with Crippen LogP contribution in [0.4, 0.5) is 0 Å². The minimum Gasteiger partial charge on any atom is -0.493 e. The van der Waals surface area contributed by atoms with Crippen LogP contribution in [0.25, 0.3) is 0 Å². The summed E-state index contributed by atoms with van der Waals surface area (Å²) in [4.78, 5) is 0. The molecule has 1 unspecified atom stereocenters. The molecule has 3 nitrogen and oxygen atoms in total. The van der Waals surface area contributed by atoms with E-state index < -0.39 is 0 Å². The molecule has 0 aliphatic carbocycles. The molecule has 2 aromatic rings. The number of nitrogens with two attached hydrogens (primary N) is 1. The van der Waals surface area contributed by atoms with Crippen LogP contribution in [0.3, 0.4) is 0 Å². The van der Waals surface area contributed by atoms with Crippen LogP contribution in [0, 0.1) is 13.8 Å². The summed E-state index contributed by atoms with van der Waals surface area (Å²) in [5, 5.41) is 0. The quantitative estimate of drug-likeness (QED) is 0.840. The number of ether oxygens (including phenoxy) is 2. The second kappa shape index (κ2) is 8.02. The third kappa shape index (κ3) is 4.26. The van der Waals surface area contributed by atoms with Crippen molar-refractivity contribution in [3.8, 4) is 11.5 Å². The summed E-state index contributed by atoms with van der Waals surface area (Å²) in [6.07, 6.45) is 0.891. The van der Waals surface area contributed by atoms with Gasteiger partial charge in [-0.05, 0) is 68.1 Å². The molecule has 0 aliphatic rings. The van der Waals surface area contributed by atoms with E-state index in [0.717, 1.165) is 17.9 Å². The van der Waals surface area contributed by atoms with Gasteiger partial charge >= 0.3 is 0 Å². The molecule has 0 aromatic heterocycles. The van der Waals surface area contributed by atoms with Gasteiger partial charge in [0.05, 0.1) is 13.7 Å². The van der Waals surface area contributed by atoms with Crippen molar-refractivity contribution < 1.29 is 9.47 Å². The topological polar surface area (TPSA) is 44.5 Å². The van der Waals surface area contributed by atoms with Gasteiger partial charge in [0.1, 0.15) is 0 Å². The first-order valence-electron chi connectivity index (χ1n) is 8.16. The van der Waals surface area contributed by atoms with E-state index in [1.807, 2.05) is 13.0 Å². The molecule has 2 aromatic carbocycles. The van der Waals surface area contributed by atoms with Crippen molar-refractivity contribution in [1.29, 1.82) is 0 Å². The normalized spacial score (nSPS) is 12.0. The van der Waals surface area contributed by atoms with Crippen molar-refractivity contribution in [2.45, 2.75) is 33.1 Å². The molecule has 0 aliphatic heterocycles. The lowest BCUT2D eigenvalue weighted by Crippen LogP contribution is -2.15. The summed E-state index contributed by atoms with van der Waals surface area (Å²) >= 11 is 0. The van der Waals surface area contributed by atoms with Gasteiger partial charge in [0.2, 0.25) is 0 Å². The molecule has 2 N–H and O–H groups in total. The van der Waals surface area contributed by atoms with Crippen molar-refractivity contribution in [2.24, 2.45) is 5.73 Å². The molecule has 0 amide bonds. The molecule has 0 radical (unpaired) electrons. The fraction of sp³-hybridized carbons (Fsp3) is 0.400. The summed E-state index contributed by atoms with van der Waals surface area (Å²) in [5.74, 6) is 1.87. The summed E-state index contributed by atoms with van der Waals surface area (Å²) in [6, 6.07) is 12.7. The molecule has 0 saturated carbocycles. The minimum absolute atomic E-state index is 0.303. The lowest BCUT2D eigenvalue weighted by Gasteiger charge is -2.18. The van der Waals surface area contributed by atoms with Crippen LogP contribution in [-0.4, -0.2) is 20.3 Å². The molecule has 2 rings (SSSR count). The highest BCUT2D eigenvalue weighted by atomic mass is 16.5. The van der Waals surface area contributed by atoms with Crippen LogP contribution in [0.1, 0.15) is 35.1 Å². The second-order valence-corrected chi connectivity index (χ2v) is 5.90. The van der Waals surface area contributed by atoms with Gasteiger partial charge in [-0.1, -0.05) is 24.3 Å². The van der Waals surface area contributed by atoms with Gasteiger partial charge in [-0.3, -0.25) is 0 Å². The highest BCUT2D eigenvalue weighted by Gasteiger charge is 2.13. The Morgan fingerprint density at radius 3 is 2.39 bits per heavy atom. The van der Waals surface area contributed by atoms with E-state index in [2.05, 4.69) is 44.2 Å². The van der Waals surface area contributed by atoms with Crippen LogP contribution >= 0.6 is 0 Å². The van der Waals surface area contributed by atoms with Gasteiger partial charge in [0, 0.05) is 5.92 Å². The zero-order valence-corrected chi connectivity index (χ0v) is 14.6. The Hall–Kier alpha value is -2.00. The van der Waals surface area contributed by atoms with Crippen LogP contribution in [-0.2, 0) is 6.42 Å². The Morgan fingerprint density at radius 1 is 1.00 bits per heavy atom. The average molecular weight is 313 g/mol. The smallest absolute Gasteiger partial charge is 0.161 e. The SMILES string of the molecule is CCOc1ccc(CC(CN)c2ccc(C)c(C)c2)cc1OC. The number of methoxy groups -OCH3 is 1. The highest BCUT2D eigenvalue weighted by molar-refractivity contribution is 5.43. The van der Waals surface area contributed by atoms with E-state index in [1.165, 1.54) is 22.3 Å². The van der Waals surface area contributed by atoms with Gasteiger partial charge in [0.25, 0.3) is 0 Å². The van der Waals surface area contributed by atoms with E-state index >= 15 is 0 Å². The second-order valence-electron chi connectivity index (χ2n) is 5.90. The highest BCUT2D eigenvalue weighted by Crippen LogP contribution is 2.30. The molecule has 0 fully saturated rings. The zero-order chi connectivity index (χ0) is 16.8. The zero-order valence-electron chi connectivity index (χ0n) is 14.6. The van der Waals surface area contributed by atoms with Crippen molar-refractivity contribution in [3.05, 3.63) is 58.7 Å². The number of rotatable bonds is 7. The fourth-order valence-electron chi connectivity index (χ4n) is 2.75. The van der Waals surface area contributed by atoms with Gasteiger partial charge in [0.15, 0.2) is 11.5 Å². The van der Waals surface area contributed by atoms with E-state index in [0.29, 0.717) is 19.1 Å². The van der Waals surface area contributed by atoms with Gasteiger partial charge in [-0.25, -0.2) is 0 Å². The van der Waals surface area contributed by atoms with Gasteiger partial charge in [-0.15, -0.1) is 0 Å². The number of aryl methyl sites for hydroxylation is 2. The standard InChI is InChI=1S/C20H27NO2/c1-5-23-19-9-7-16(12-20(19)22-4)11-18(13-21)17-8-6-14(2)15(3)10-17/h6-10,12,18H,5,11,13,21H2,1-4H3. The van der Waals surface area contributed by atoms with Gasteiger partial charge in [-0.2, -0.15) is 0 Å². The van der Waals surface area contributed by atoms with Crippen molar-refractivity contribution in [2.75, 3.05) is 20.3 Å². The predicted molar refractivity (Wildman–Crippen MR) is 95.6 cm³/mol.